The van der Waals surface area contributed by atoms with E-state index >= 15 is 0 Å². The summed E-state index contributed by atoms with van der Waals surface area (Å²) in [6.45, 7) is 4.43. The highest BCUT2D eigenvalue weighted by atomic mass is 16.3. The third-order valence-electron chi connectivity index (χ3n) is 3.53. The molecule has 2 unspecified atom stereocenters. The van der Waals surface area contributed by atoms with Crippen LogP contribution in [0.3, 0.4) is 0 Å². The van der Waals surface area contributed by atoms with Crippen LogP contribution in [-0.2, 0) is 6.54 Å². The smallest absolute Gasteiger partial charge is 0.268 e. The van der Waals surface area contributed by atoms with Gasteiger partial charge >= 0.3 is 0 Å². The quantitative estimate of drug-likeness (QED) is 0.788. The first-order valence-electron chi connectivity index (χ1n) is 6.80. The molecular weight excluding hydrogens is 244 g/mol. The average molecular weight is 266 g/mol. The lowest BCUT2D eigenvalue weighted by molar-refractivity contribution is 0.155. The Bertz CT molecular complexity index is 474. The SMILES string of the molecule is CC1CCCN(c2cnn(CC(O)CN)c(=O)c2)C1. The molecule has 0 spiro atoms. The molecule has 6 heteroatoms. The van der Waals surface area contributed by atoms with E-state index in [0.29, 0.717) is 5.92 Å². The Kier molecular flexibility index (Phi) is 4.55. The first kappa shape index (κ1) is 14.0. The van der Waals surface area contributed by atoms with Crippen LogP contribution in [0.2, 0.25) is 0 Å². The van der Waals surface area contributed by atoms with E-state index in [1.54, 1.807) is 12.3 Å². The molecule has 2 atom stereocenters. The van der Waals surface area contributed by atoms with Crippen LogP contribution in [-0.4, -0.2) is 40.6 Å². The maximum Gasteiger partial charge on any atom is 0.268 e. The standard InChI is InChI=1S/C13H22N4O2/c1-10-3-2-4-16(8-10)11-5-13(19)17(15-7-11)9-12(18)6-14/h5,7,10,12,18H,2-4,6,8-9,14H2,1H3. The molecule has 3 N–H and O–H groups in total. The normalized spacial score (nSPS) is 21.4. The van der Waals surface area contributed by atoms with Crippen molar-refractivity contribution in [3.05, 3.63) is 22.6 Å². The van der Waals surface area contributed by atoms with E-state index < -0.39 is 6.10 Å². The summed E-state index contributed by atoms with van der Waals surface area (Å²) in [6.07, 6.45) is 3.36. The summed E-state index contributed by atoms with van der Waals surface area (Å²) in [7, 11) is 0. The van der Waals surface area contributed by atoms with Crippen LogP contribution in [0.25, 0.3) is 0 Å². The molecule has 1 aliphatic rings. The Morgan fingerprint density at radius 3 is 3.05 bits per heavy atom. The van der Waals surface area contributed by atoms with Crippen LogP contribution >= 0.6 is 0 Å². The molecule has 2 rings (SSSR count). The van der Waals surface area contributed by atoms with Gasteiger partial charge < -0.3 is 15.7 Å². The van der Waals surface area contributed by atoms with Crippen LogP contribution in [0.1, 0.15) is 19.8 Å². The van der Waals surface area contributed by atoms with E-state index in [1.807, 2.05) is 0 Å². The number of aliphatic hydroxyl groups is 1. The summed E-state index contributed by atoms with van der Waals surface area (Å²) in [6, 6.07) is 1.59. The Morgan fingerprint density at radius 1 is 1.63 bits per heavy atom. The number of hydrogen-bond acceptors (Lipinski definition) is 5. The molecule has 2 heterocycles. The largest absolute Gasteiger partial charge is 0.390 e. The lowest BCUT2D eigenvalue weighted by atomic mass is 10.00. The van der Waals surface area contributed by atoms with Gasteiger partial charge in [-0.2, -0.15) is 5.10 Å². The lowest BCUT2D eigenvalue weighted by Gasteiger charge is -2.32. The molecule has 19 heavy (non-hydrogen) atoms. The predicted molar refractivity (Wildman–Crippen MR) is 74.2 cm³/mol. The highest BCUT2D eigenvalue weighted by Crippen LogP contribution is 2.20. The van der Waals surface area contributed by atoms with Crippen molar-refractivity contribution in [1.29, 1.82) is 0 Å². The number of anilines is 1. The van der Waals surface area contributed by atoms with E-state index in [2.05, 4.69) is 16.9 Å². The van der Waals surface area contributed by atoms with Gasteiger partial charge in [0.2, 0.25) is 0 Å². The zero-order valence-corrected chi connectivity index (χ0v) is 11.3. The van der Waals surface area contributed by atoms with Gasteiger partial charge in [0.25, 0.3) is 5.56 Å². The zero-order valence-electron chi connectivity index (χ0n) is 11.3. The summed E-state index contributed by atoms with van der Waals surface area (Å²) in [5.41, 5.74) is 6.01. The van der Waals surface area contributed by atoms with Gasteiger partial charge in [-0.05, 0) is 18.8 Å². The molecule has 0 aliphatic carbocycles. The monoisotopic (exact) mass is 266 g/mol. The van der Waals surface area contributed by atoms with Gasteiger partial charge in [-0.15, -0.1) is 0 Å². The summed E-state index contributed by atoms with van der Waals surface area (Å²) < 4.78 is 1.26. The number of nitrogens with two attached hydrogens (primary N) is 1. The van der Waals surface area contributed by atoms with Crippen molar-refractivity contribution in [3.8, 4) is 0 Å². The fourth-order valence-corrected chi connectivity index (χ4v) is 2.43. The number of aromatic nitrogens is 2. The molecule has 1 aromatic rings. The summed E-state index contributed by atoms with van der Waals surface area (Å²) in [4.78, 5) is 14.1. The van der Waals surface area contributed by atoms with Gasteiger partial charge in [0, 0.05) is 25.7 Å². The van der Waals surface area contributed by atoms with Crippen molar-refractivity contribution in [2.24, 2.45) is 11.7 Å². The molecule has 1 aliphatic heterocycles. The van der Waals surface area contributed by atoms with Gasteiger partial charge in [0.15, 0.2) is 0 Å². The summed E-state index contributed by atoms with van der Waals surface area (Å²) in [5, 5.41) is 13.6. The van der Waals surface area contributed by atoms with Crippen molar-refractivity contribution in [2.45, 2.75) is 32.4 Å². The van der Waals surface area contributed by atoms with E-state index in [9.17, 15) is 9.90 Å². The van der Waals surface area contributed by atoms with E-state index in [0.717, 1.165) is 25.2 Å². The molecule has 0 amide bonds. The van der Waals surface area contributed by atoms with Crippen molar-refractivity contribution in [1.82, 2.24) is 9.78 Å². The van der Waals surface area contributed by atoms with Gasteiger partial charge in [-0.25, -0.2) is 4.68 Å². The van der Waals surface area contributed by atoms with Crippen LogP contribution in [0.15, 0.2) is 17.1 Å². The molecule has 106 valence electrons. The fourth-order valence-electron chi connectivity index (χ4n) is 2.43. The maximum atomic E-state index is 11.9. The Morgan fingerprint density at radius 2 is 2.42 bits per heavy atom. The molecule has 0 radical (unpaired) electrons. The second kappa shape index (κ2) is 6.16. The van der Waals surface area contributed by atoms with Crippen molar-refractivity contribution < 1.29 is 5.11 Å². The molecule has 1 aromatic heterocycles. The Hall–Kier alpha value is -1.40. The minimum atomic E-state index is -0.731. The van der Waals surface area contributed by atoms with Gasteiger partial charge in [-0.1, -0.05) is 6.92 Å². The predicted octanol–water partition coefficient (Wildman–Crippen LogP) is -0.201. The van der Waals surface area contributed by atoms with Gasteiger partial charge in [-0.3, -0.25) is 4.79 Å². The Labute approximate surface area is 112 Å². The number of aliphatic hydroxyl groups excluding tert-OH is 1. The van der Waals surface area contributed by atoms with E-state index in [-0.39, 0.29) is 18.6 Å². The third kappa shape index (κ3) is 3.54. The number of piperidine rings is 1. The molecule has 1 saturated heterocycles. The average Bonchev–Trinajstić information content (AvgIpc) is 2.41. The van der Waals surface area contributed by atoms with Crippen LogP contribution in [0, 0.1) is 5.92 Å². The van der Waals surface area contributed by atoms with E-state index in [4.69, 9.17) is 5.73 Å². The summed E-state index contributed by atoms with van der Waals surface area (Å²) in [5.74, 6) is 0.648. The first-order chi connectivity index (χ1) is 9.10. The number of hydrogen-bond donors (Lipinski definition) is 2. The minimum absolute atomic E-state index is 0.125. The molecule has 0 aromatic carbocycles. The minimum Gasteiger partial charge on any atom is -0.390 e. The lowest BCUT2D eigenvalue weighted by Crippen LogP contribution is -2.37. The molecule has 0 saturated carbocycles. The fraction of sp³-hybridized carbons (Fsp3) is 0.692. The van der Waals surface area contributed by atoms with Crippen molar-refractivity contribution in [3.63, 3.8) is 0 Å². The van der Waals surface area contributed by atoms with Crippen LogP contribution in [0.5, 0.6) is 0 Å². The molecule has 6 nitrogen and oxygen atoms in total. The van der Waals surface area contributed by atoms with Crippen LogP contribution < -0.4 is 16.2 Å². The third-order valence-corrected chi connectivity index (χ3v) is 3.53. The zero-order chi connectivity index (χ0) is 13.8. The van der Waals surface area contributed by atoms with Crippen molar-refractivity contribution in [2.75, 3.05) is 24.5 Å². The molecular formula is C13H22N4O2. The molecule has 0 bridgehead atoms. The topological polar surface area (TPSA) is 84.4 Å². The van der Waals surface area contributed by atoms with Gasteiger partial charge in [0.05, 0.1) is 24.5 Å². The summed E-state index contributed by atoms with van der Waals surface area (Å²) >= 11 is 0. The first-order valence-corrected chi connectivity index (χ1v) is 6.80. The highest BCUT2D eigenvalue weighted by Gasteiger charge is 2.17. The number of nitrogens with zero attached hydrogens (tertiary/aromatic N) is 3. The Balaban J connectivity index is 2.12. The maximum absolute atomic E-state index is 11.9. The van der Waals surface area contributed by atoms with Crippen molar-refractivity contribution >= 4 is 5.69 Å². The van der Waals surface area contributed by atoms with Crippen LogP contribution in [0.4, 0.5) is 5.69 Å². The second-order valence-electron chi connectivity index (χ2n) is 5.32. The molecule has 1 fully saturated rings. The van der Waals surface area contributed by atoms with Gasteiger partial charge in [0.1, 0.15) is 0 Å². The second-order valence-corrected chi connectivity index (χ2v) is 5.32. The number of rotatable bonds is 4. The van der Waals surface area contributed by atoms with E-state index in [1.165, 1.54) is 11.1 Å². The highest BCUT2D eigenvalue weighted by molar-refractivity contribution is 5.43.